The molecule has 0 amide bonds. The van der Waals surface area contributed by atoms with E-state index >= 15 is 0 Å². The number of nitrogens with two attached hydrogens (primary N) is 2. The van der Waals surface area contributed by atoms with Crippen molar-refractivity contribution in [2.24, 2.45) is 5.84 Å². The van der Waals surface area contributed by atoms with E-state index in [1.54, 1.807) is 0 Å². The predicted octanol–water partition coefficient (Wildman–Crippen LogP) is -1.58. The number of anilines is 2. The molecule has 22 nitrogen and oxygen atoms in total. The number of hydrogen-bond donors (Lipinski definition) is 8. The van der Waals surface area contributed by atoms with E-state index in [4.69, 9.17) is 51.0 Å². The Morgan fingerprint density at radius 1 is 1.00 bits per heavy atom. The number of hydrogen-bond acceptors (Lipinski definition) is 19. The van der Waals surface area contributed by atoms with Gasteiger partial charge in [-0.1, -0.05) is 12.2 Å². The Morgan fingerprint density at radius 2 is 1.72 bits per heavy atom. The SMILES string of the molecule is NNc1ncnc2c1[nH]c(=O)n2[C@@H]1O[C@@H]2COP(=O)(S)O[C@H]3[C@@H](O)[C@H](n4cnc5c(N)ncnc54)O[C@@H]3COP(O)(=S)O[C@@H]1[C@@H]2O. The fourth-order valence-electron chi connectivity index (χ4n) is 5.43. The molecular weight excluding hydrogens is 696 g/mol. The molecule has 4 aromatic heterocycles. The van der Waals surface area contributed by atoms with E-state index in [9.17, 15) is 24.5 Å². The molecule has 3 aliphatic heterocycles. The molecule has 46 heavy (non-hydrogen) atoms. The molecule has 4 aromatic rings. The summed E-state index contributed by atoms with van der Waals surface area (Å²) in [5.74, 6) is 5.66. The first-order valence-electron chi connectivity index (χ1n) is 13.2. The highest BCUT2D eigenvalue weighted by Crippen LogP contribution is 2.58. The predicted molar refractivity (Wildman–Crippen MR) is 160 cm³/mol. The minimum absolute atomic E-state index is 0.00178. The van der Waals surface area contributed by atoms with Crippen molar-refractivity contribution in [2.45, 2.75) is 49.1 Å². The maximum Gasteiger partial charge on any atom is 0.386 e. The van der Waals surface area contributed by atoms with Gasteiger partial charge in [-0.2, -0.15) is 0 Å². The first-order chi connectivity index (χ1) is 21.9. The molecule has 26 heteroatoms. The molecule has 9 N–H and O–H groups in total. The van der Waals surface area contributed by atoms with E-state index in [1.807, 2.05) is 0 Å². The van der Waals surface area contributed by atoms with Gasteiger partial charge < -0.3 is 45.2 Å². The maximum atomic E-state index is 13.4. The molecule has 10 atom stereocenters. The molecule has 0 aliphatic carbocycles. The van der Waals surface area contributed by atoms with Crippen molar-refractivity contribution in [2.75, 3.05) is 24.4 Å². The van der Waals surface area contributed by atoms with Crippen molar-refractivity contribution in [1.82, 2.24) is 39.0 Å². The van der Waals surface area contributed by atoms with Gasteiger partial charge in [0.25, 0.3) is 0 Å². The van der Waals surface area contributed by atoms with Crippen LogP contribution in [-0.2, 0) is 43.9 Å². The second-order valence-corrected chi connectivity index (χ2v) is 15.9. The summed E-state index contributed by atoms with van der Waals surface area (Å²) in [4.78, 5) is 47.0. The third-order valence-corrected chi connectivity index (χ3v) is 10.7. The summed E-state index contributed by atoms with van der Waals surface area (Å²) in [6, 6.07) is 0. The first kappa shape index (κ1) is 31.9. The number of aliphatic hydroxyl groups excluding tert-OH is 2. The molecule has 7 rings (SSSR count). The minimum atomic E-state index is -4.35. The van der Waals surface area contributed by atoms with Crippen molar-refractivity contribution >= 4 is 71.5 Å². The van der Waals surface area contributed by atoms with Crippen LogP contribution < -0.4 is 22.7 Å². The lowest BCUT2D eigenvalue weighted by molar-refractivity contribution is -0.0602. The standard InChI is InChI=1S/C20H25N11O11P2S2/c21-14-8-16(25-3-23-14)30(5-27-8)18-11(33)12-7(40-18)2-38-44(36,46)42-13-10(32)6(1-37-43(35,45)41-12)39-19(13)31-17-9(28-20(31)34)15(29-22)24-4-26-17/h3-7,10-13,18-19,32-33H,1-2,22H2,(H,28,34)(H,35,45)(H,36,46)(H2,21,23,25)(H,24,26,29)/t6-,7-,10-,11-,12-,13-,18-,19-,43?,44?/m1/s1. The first-order valence-corrected chi connectivity index (χ1v) is 18.5. The number of nitrogens with zero attached hydrogens (tertiary/aromatic N) is 7. The summed E-state index contributed by atoms with van der Waals surface area (Å²) < 4.78 is 50.1. The lowest BCUT2D eigenvalue weighted by atomic mass is 10.1. The lowest BCUT2D eigenvalue weighted by Gasteiger charge is -2.27. The number of nitrogens with one attached hydrogen (secondary N) is 2. The van der Waals surface area contributed by atoms with Crippen molar-refractivity contribution in [3.63, 3.8) is 0 Å². The van der Waals surface area contributed by atoms with Crippen molar-refractivity contribution < 1.29 is 47.2 Å². The average Bonchev–Trinajstić information content (AvgIpc) is 3.74. The van der Waals surface area contributed by atoms with Crippen molar-refractivity contribution in [3.05, 3.63) is 29.5 Å². The average molecular weight is 722 g/mol. The van der Waals surface area contributed by atoms with Gasteiger partial charge in [0.15, 0.2) is 35.4 Å². The zero-order chi connectivity index (χ0) is 32.5. The Morgan fingerprint density at radius 3 is 2.50 bits per heavy atom. The third kappa shape index (κ3) is 5.52. The van der Waals surface area contributed by atoms with Gasteiger partial charge in [0.2, 0.25) is 0 Å². The van der Waals surface area contributed by atoms with Gasteiger partial charge in [0.05, 0.1) is 19.5 Å². The summed E-state index contributed by atoms with van der Waals surface area (Å²) in [6.45, 7) is -9.83. The molecule has 7 heterocycles. The number of aliphatic hydroxyl groups is 2. The number of thiol groups is 1. The Labute approximate surface area is 266 Å². The Hall–Kier alpha value is -2.67. The summed E-state index contributed by atoms with van der Waals surface area (Å²) in [5, 5.41) is 22.5. The normalized spacial score (nSPS) is 37.1. The van der Waals surface area contributed by atoms with Crippen molar-refractivity contribution in [1.29, 1.82) is 0 Å². The van der Waals surface area contributed by atoms with Gasteiger partial charge in [-0.3, -0.25) is 18.1 Å². The van der Waals surface area contributed by atoms with Gasteiger partial charge in [-0.05, 0) is 11.8 Å². The zero-order valence-electron chi connectivity index (χ0n) is 22.9. The van der Waals surface area contributed by atoms with Crippen LogP contribution in [0.1, 0.15) is 12.5 Å². The van der Waals surface area contributed by atoms with Gasteiger partial charge in [-0.25, -0.2) is 44.7 Å². The zero-order valence-corrected chi connectivity index (χ0v) is 26.4. The number of nitrogen functional groups attached to an aromatic ring is 2. The maximum absolute atomic E-state index is 13.4. The monoisotopic (exact) mass is 721 g/mol. The quantitative estimate of drug-likeness (QED) is 0.0512. The molecule has 3 aliphatic rings. The van der Waals surface area contributed by atoms with E-state index in [-0.39, 0.29) is 34.0 Å². The number of rotatable bonds is 3. The number of H-pyrrole nitrogens is 1. The highest BCUT2D eigenvalue weighted by atomic mass is 32.7. The topological polar surface area (TPSA) is 304 Å². The molecular formula is C20H25N11O11P2S2. The van der Waals surface area contributed by atoms with E-state index in [0.717, 1.165) is 10.9 Å². The number of fused-ring (bicyclic) bond motifs is 5. The molecule has 0 saturated carbocycles. The summed E-state index contributed by atoms with van der Waals surface area (Å²) in [6.07, 6.45) is -7.81. The third-order valence-electron chi connectivity index (χ3n) is 7.49. The smallest absolute Gasteiger partial charge is 0.386 e. The van der Waals surface area contributed by atoms with Crippen LogP contribution in [0.5, 0.6) is 0 Å². The number of aromatic amines is 1. The van der Waals surface area contributed by atoms with E-state index in [1.165, 1.54) is 17.2 Å². The minimum Gasteiger partial charge on any atom is -0.387 e. The Balaban J connectivity index is 1.21. The van der Waals surface area contributed by atoms with Crippen LogP contribution in [0, 0.1) is 0 Å². The van der Waals surface area contributed by atoms with E-state index < -0.39 is 81.5 Å². The van der Waals surface area contributed by atoms with Crippen LogP contribution in [0.3, 0.4) is 0 Å². The fraction of sp³-hybridized carbons (Fsp3) is 0.500. The molecule has 0 spiro atoms. The van der Waals surface area contributed by atoms with E-state index in [2.05, 4.69) is 47.6 Å². The van der Waals surface area contributed by atoms with Crippen LogP contribution in [0.15, 0.2) is 23.8 Å². The lowest BCUT2D eigenvalue weighted by Crippen LogP contribution is -2.37. The molecule has 3 saturated heterocycles. The number of hydrazine groups is 1. The van der Waals surface area contributed by atoms with E-state index in [0.29, 0.717) is 0 Å². The molecule has 0 aromatic carbocycles. The largest absolute Gasteiger partial charge is 0.387 e. The number of aromatic nitrogens is 8. The van der Waals surface area contributed by atoms with Crippen LogP contribution in [0.4, 0.5) is 11.6 Å². The highest BCUT2D eigenvalue weighted by Gasteiger charge is 2.53. The molecule has 0 radical (unpaired) electrons. The van der Waals surface area contributed by atoms with Gasteiger partial charge >= 0.3 is 19.2 Å². The molecule has 2 unspecified atom stereocenters. The number of ether oxygens (including phenoxy) is 2. The second kappa shape index (κ2) is 11.8. The van der Waals surface area contributed by atoms with Gasteiger partial charge in [-0.15, -0.1) is 0 Å². The van der Waals surface area contributed by atoms with Crippen LogP contribution >= 0.6 is 25.8 Å². The number of imidazole rings is 2. The summed E-state index contributed by atoms with van der Waals surface area (Å²) in [7, 11) is 0. The molecule has 3 fully saturated rings. The van der Waals surface area contributed by atoms with Crippen molar-refractivity contribution in [3.8, 4) is 0 Å². The van der Waals surface area contributed by atoms with Crippen LogP contribution in [0.2, 0.25) is 0 Å². The van der Waals surface area contributed by atoms with Gasteiger partial charge in [0, 0.05) is 0 Å². The summed E-state index contributed by atoms with van der Waals surface area (Å²) in [5.41, 5.74) is 8.00. The Bertz CT molecular complexity index is 1960. The van der Waals surface area contributed by atoms with Gasteiger partial charge in [0.1, 0.15) is 60.3 Å². The molecule has 248 valence electrons. The Kier molecular flexibility index (Phi) is 8.17. The van der Waals surface area contributed by atoms with Crippen LogP contribution in [-0.4, -0.2) is 104 Å². The van der Waals surface area contributed by atoms with Crippen LogP contribution in [0.25, 0.3) is 22.3 Å². The highest BCUT2D eigenvalue weighted by molar-refractivity contribution is 8.44. The summed E-state index contributed by atoms with van der Waals surface area (Å²) >= 11 is 9.30. The molecule has 2 bridgehead atoms. The second-order valence-electron chi connectivity index (χ2n) is 10.2. The fourth-order valence-corrected chi connectivity index (χ4v) is 8.34.